The molecule has 3 heteroatoms. The van der Waals surface area contributed by atoms with Crippen LogP contribution in [0.4, 0.5) is 8.78 Å². The van der Waals surface area contributed by atoms with Crippen molar-refractivity contribution >= 4 is 0 Å². The molecule has 0 aliphatic heterocycles. The van der Waals surface area contributed by atoms with E-state index in [1.165, 1.54) is 0 Å². The van der Waals surface area contributed by atoms with E-state index in [2.05, 4.69) is 6.58 Å². The summed E-state index contributed by atoms with van der Waals surface area (Å²) in [5, 5.41) is 0. The maximum absolute atomic E-state index is 11.9. The number of nitrogens with two attached hydrogens (primary N) is 1. The minimum absolute atomic E-state index is 0.763. The average Bonchev–Trinajstić information content (AvgIpc) is 1.62. The highest BCUT2D eigenvalue weighted by Crippen LogP contribution is 2.15. The largest absolute Gasteiger partial charge is 0.320 e. The minimum Gasteiger partial charge on any atom is -0.320 e. The van der Waals surface area contributed by atoms with Gasteiger partial charge in [0.25, 0.3) is 5.92 Å². The molecule has 0 fully saturated rings. The van der Waals surface area contributed by atoms with Crippen molar-refractivity contribution < 1.29 is 8.78 Å². The SMILES string of the molecule is C=CC(N)C(C)(F)F. The second kappa shape index (κ2) is 2.22. The maximum Gasteiger partial charge on any atom is 0.263 e. The molecule has 0 radical (unpaired) electrons. The lowest BCUT2D eigenvalue weighted by Crippen LogP contribution is -2.35. The van der Waals surface area contributed by atoms with Gasteiger partial charge in [0.2, 0.25) is 0 Å². The van der Waals surface area contributed by atoms with Gasteiger partial charge in [-0.3, -0.25) is 0 Å². The molecule has 0 amide bonds. The second-order valence-corrected chi connectivity index (χ2v) is 1.72. The molecule has 0 aromatic carbocycles. The van der Waals surface area contributed by atoms with Crippen LogP contribution in [0, 0.1) is 0 Å². The van der Waals surface area contributed by atoms with Crippen LogP contribution in [-0.4, -0.2) is 12.0 Å². The van der Waals surface area contributed by atoms with Gasteiger partial charge in [0.1, 0.15) is 0 Å². The first-order chi connectivity index (χ1) is 3.48. The molecule has 1 atom stereocenters. The number of halogens is 2. The zero-order valence-electron chi connectivity index (χ0n) is 4.70. The average molecular weight is 121 g/mol. The van der Waals surface area contributed by atoms with Gasteiger partial charge < -0.3 is 5.73 Å². The highest BCUT2D eigenvalue weighted by atomic mass is 19.3. The lowest BCUT2D eigenvalue weighted by Gasteiger charge is -2.13. The summed E-state index contributed by atoms with van der Waals surface area (Å²) >= 11 is 0. The number of hydrogen-bond acceptors (Lipinski definition) is 1. The van der Waals surface area contributed by atoms with E-state index in [0.29, 0.717) is 0 Å². The monoisotopic (exact) mass is 121 g/mol. The predicted molar refractivity (Wildman–Crippen MR) is 28.8 cm³/mol. The summed E-state index contributed by atoms with van der Waals surface area (Å²) in [4.78, 5) is 0. The van der Waals surface area contributed by atoms with Crippen molar-refractivity contribution in [1.82, 2.24) is 0 Å². The van der Waals surface area contributed by atoms with Gasteiger partial charge in [0.15, 0.2) is 0 Å². The molecule has 8 heavy (non-hydrogen) atoms. The number of alkyl halides is 2. The Balaban J connectivity index is 3.80. The highest BCUT2D eigenvalue weighted by molar-refractivity contribution is 4.90. The standard InChI is InChI=1S/C5H9F2N/c1-3-4(8)5(2,6)7/h3-4H,1,8H2,2H3. The molecule has 1 unspecified atom stereocenters. The zero-order chi connectivity index (χ0) is 6.78. The van der Waals surface area contributed by atoms with E-state index in [4.69, 9.17) is 5.73 Å². The molecule has 0 aliphatic rings. The van der Waals surface area contributed by atoms with Gasteiger partial charge in [0, 0.05) is 6.92 Å². The van der Waals surface area contributed by atoms with Gasteiger partial charge in [0.05, 0.1) is 6.04 Å². The van der Waals surface area contributed by atoms with E-state index in [1.54, 1.807) is 0 Å². The summed E-state index contributed by atoms with van der Waals surface area (Å²) in [5.41, 5.74) is 4.88. The van der Waals surface area contributed by atoms with Gasteiger partial charge in [-0.25, -0.2) is 8.78 Å². The molecule has 2 N–H and O–H groups in total. The molecule has 0 rings (SSSR count). The van der Waals surface area contributed by atoms with Crippen molar-refractivity contribution in [2.45, 2.75) is 18.9 Å². The summed E-state index contributed by atoms with van der Waals surface area (Å²) in [6, 6.07) is -1.22. The maximum atomic E-state index is 11.9. The van der Waals surface area contributed by atoms with Crippen LogP contribution in [0.15, 0.2) is 12.7 Å². The first-order valence-electron chi connectivity index (χ1n) is 2.24. The van der Waals surface area contributed by atoms with Crippen LogP contribution < -0.4 is 5.73 Å². The van der Waals surface area contributed by atoms with Crippen LogP contribution in [0.1, 0.15) is 6.92 Å². The predicted octanol–water partition coefficient (Wildman–Crippen LogP) is 1.15. The summed E-state index contributed by atoms with van der Waals surface area (Å²) in [6.07, 6.45) is 1.03. The number of hydrogen-bond donors (Lipinski definition) is 1. The third kappa shape index (κ3) is 2.02. The van der Waals surface area contributed by atoms with Crippen LogP contribution in [0.5, 0.6) is 0 Å². The normalized spacial score (nSPS) is 15.5. The molecule has 0 aliphatic carbocycles. The van der Waals surface area contributed by atoms with E-state index >= 15 is 0 Å². The molecule has 0 bridgehead atoms. The van der Waals surface area contributed by atoms with Crippen LogP contribution >= 0.6 is 0 Å². The van der Waals surface area contributed by atoms with Crippen molar-refractivity contribution in [2.75, 3.05) is 0 Å². The Morgan fingerprint density at radius 1 is 1.75 bits per heavy atom. The molecule has 0 heterocycles. The molecule has 1 nitrogen and oxygen atoms in total. The van der Waals surface area contributed by atoms with Gasteiger partial charge in [-0.2, -0.15) is 0 Å². The van der Waals surface area contributed by atoms with Crippen molar-refractivity contribution in [1.29, 1.82) is 0 Å². The van der Waals surface area contributed by atoms with Gasteiger partial charge in [-0.1, -0.05) is 6.08 Å². The lowest BCUT2D eigenvalue weighted by molar-refractivity contribution is 0.00929. The Hall–Kier alpha value is -0.440. The van der Waals surface area contributed by atoms with Crippen molar-refractivity contribution in [3.05, 3.63) is 12.7 Å². The second-order valence-electron chi connectivity index (χ2n) is 1.72. The fourth-order valence-electron chi connectivity index (χ4n) is 0.207. The van der Waals surface area contributed by atoms with E-state index < -0.39 is 12.0 Å². The fraction of sp³-hybridized carbons (Fsp3) is 0.600. The van der Waals surface area contributed by atoms with Crippen molar-refractivity contribution in [2.24, 2.45) is 5.73 Å². The molecule has 0 saturated carbocycles. The van der Waals surface area contributed by atoms with Crippen LogP contribution in [0.25, 0.3) is 0 Å². The van der Waals surface area contributed by atoms with Crippen LogP contribution in [0.3, 0.4) is 0 Å². The first-order valence-corrected chi connectivity index (χ1v) is 2.24. The Labute approximate surface area is 47.2 Å². The van der Waals surface area contributed by atoms with Crippen LogP contribution in [-0.2, 0) is 0 Å². The molecule has 0 saturated heterocycles. The molecular weight excluding hydrogens is 112 g/mol. The van der Waals surface area contributed by atoms with Crippen molar-refractivity contribution in [3.63, 3.8) is 0 Å². The van der Waals surface area contributed by atoms with E-state index in [0.717, 1.165) is 13.0 Å². The molecule has 48 valence electrons. The third-order valence-corrected chi connectivity index (χ3v) is 0.839. The lowest BCUT2D eigenvalue weighted by atomic mass is 10.2. The highest BCUT2D eigenvalue weighted by Gasteiger charge is 2.27. The summed E-state index contributed by atoms with van der Waals surface area (Å²) in [7, 11) is 0. The summed E-state index contributed by atoms with van der Waals surface area (Å²) in [6.45, 7) is 3.89. The summed E-state index contributed by atoms with van der Waals surface area (Å²) in [5.74, 6) is -2.83. The van der Waals surface area contributed by atoms with E-state index in [9.17, 15) is 8.78 Å². The van der Waals surface area contributed by atoms with E-state index in [1.807, 2.05) is 0 Å². The molecule has 0 aromatic heterocycles. The summed E-state index contributed by atoms with van der Waals surface area (Å²) < 4.78 is 23.8. The third-order valence-electron chi connectivity index (χ3n) is 0.839. The van der Waals surface area contributed by atoms with Crippen molar-refractivity contribution in [3.8, 4) is 0 Å². The molecule has 0 spiro atoms. The van der Waals surface area contributed by atoms with Crippen LogP contribution in [0.2, 0.25) is 0 Å². The Kier molecular flexibility index (Phi) is 2.10. The van der Waals surface area contributed by atoms with E-state index in [-0.39, 0.29) is 0 Å². The van der Waals surface area contributed by atoms with Gasteiger partial charge in [-0.05, 0) is 0 Å². The smallest absolute Gasteiger partial charge is 0.263 e. The quantitative estimate of drug-likeness (QED) is 0.545. The minimum atomic E-state index is -2.83. The zero-order valence-corrected chi connectivity index (χ0v) is 4.70. The molecular formula is C5H9F2N. The topological polar surface area (TPSA) is 26.0 Å². The van der Waals surface area contributed by atoms with Gasteiger partial charge in [-0.15, -0.1) is 6.58 Å². The molecule has 0 aromatic rings. The fourth-order valence-corrected chi connectivity index (χ4v) is 0.207. The first kappa shape index (κ1) is 7.56. The van der Waals surface area contributed by atoms with Gasteiger partial charge >= 0.3 is 0 Å². The Morgan fingerprint density at radius 3 is 2.12 bits per heavy atom. The Bertz CT molecular complexity index is 84.9. The Morgan fingerprint density at radius 2 is 2.12 bits per heavy atom. The number of rotatable bonds is 2.